The van der Waals surface area contributed by atoms with Gasteiger partial charge in [0.25, 0.3) is 0 Å². The minimum atomic E-state index is -0.438. The van der Waals surface area contributed by atoms with Crippen molar-refractivity contribution < 1.29 is 0 Å². The largest absolute Gasteiger partial charge is 0.256 e. The number of rotatable bonds is 3. The Morgan fingerprint density at radius 1 is 1.27 bits per heavy atom. The monoisotopic (exact) mass is 315 g/mol. The number of aromatic nitrogens is 1. The highest BCUT2D eigenvalue weighted by Crippen LogP contribution is 2.57. The number of hydrogen-bond donors (Lipinski definition) is 0. The van der Waals surface area contributed by atoms with Crippen LogP contribution in [0.4, 0.5) is 0 Å². The first-order valence-corrected chi connectivity index (χ1v) is 9.80. The first-order valence-electron chi connectivity index (χ1n) is 8.46. The molecule has 1 aromatic heterocycles. The van der Waals surface area contributed by atoms with Crippen LogP contribution < -0.4 is 5.44 Å². The smallest absolute Gasteiger partial charge is 0.0681 e. The summed E-state index contributed by atoms with van der Waals surface area (Å²) in [5.41, 5.74) is 4.45. The van der Waals surface area contributed by atoms with Crippen LogP contribution in [0.15, 0.2) is 46.9 Å². The third kappa shape index (κ3) is 3.87. The van der Waals surface area contributed by atoms with Crippen molar-refractivity contribution >= 4 is 13.4 Å². The molecule has 2 rings (SSSR count). The molecule has 0 saturated carbocycles. The van der Waals surface area contributed by atoms with Crippen LogP contribution in [0.3, 0.4) is 0 Å². The van der Waals surface area contributed by atoms with E-state index in [4.69, 9.17) is 4.98 Å². The molecule has 2 unspecified atom stereocenters. The lowest BCUT2D eigenvalue weighted by Crippen LogP contribution is -2.22. The fraction of sp³-hybridized carbons (Fsp3) is 0.550. The zero-order valence-corrected chi connectivity index (χ0v) is 15.9. The summed E-state index contributed by atoms with van der Waals surface area (Å²) in [7, 11) is -0.438. The summed E-state index contributed by atoms with van der Waals surface area (Å²) < 4.78 is 0. The lowest BCUT2D eigenvalue weighted by Gasteiger charge is -2.33. The number of allylic oxidation sites excluding steroid dienone is 4. The normalized spacial score (nSPS) is 21.4. The fourth-order valence-corrected chi connectivity index (χ4v) is 6.04. The molecule has 1 aromatic rings. The van der Waals surface area contributed by atoms with Gasteiger partial charge in [0.15, 0.2) is 0 Å². The van der Waals surface area contributed by atoms with Gasteiger partial charge in [-0.2, -0.15) is 0 Å². The Balaban J connectivity index is 2.60. The van der Waals surface area contributed by atoms with Gasteiger partial charge in [0.1, 0.15) is 0 Å². The maximum absolute atomic E-state index is 4.73. The molecule has 0 amide bonds. The Morgan fingerprint density at radius 2 is 2.00 bits per heavy atom. The molecule has 0 aliphatic heterocycles. The highest BCUT2D eigenvalue weighted by atomic mass is 31.1. The summed E-state index contributed by atoms with van der Waals surface area (Å²) in [6.45, 7) is 14.1. The van der Waals surface area contributed by atoms with Crippen LogP contribution in [0.25, 0.3) is 0 Å². The van der Waals surface area contributed by atoms with Crippen molar-refractivity contribution in [1.29, 1.82) is 0 Å². The highest BCUT2D eigenvalue weighted by Gasteiger charge is 2.32. The molecule has 0 radical (unpaired) electrons. The molecule has 22 heavy (non-hydrogen) atoms. The standard InChI is InChI=1S/C20H30NP/c1-7-17-12-11-15(2)16(3)18(14-17)22(20(4,5)6)19-10-8-9-13-21-19/h8-10,13-15H,7,11-12H2,1-6H3. The molecule has 1 aliphatic carbocycles. The average molecular weight is 315 g/mol. The summed E-state index contributed by atoms with van der Waals surface area (Å²) in [5.74, 6) is 0.673. The summed E-state index contributed by atoms with van der Waals surface area (Å²) in [4.78, 5) is 4.73. The van der Waals surface area contributed by atoms with E-state index < -0.39 is 7.92 Å². The minimum Gasteiger partial charge on any atom is -0.256 e. The van der Waals surface area contributed by atoms with Crippen LogP contribution in [-0.2, 0) is 0 Å². The first-order chi connectivity index (χ1) is 10.3. The second-order valence-corrected chi connectivity index (χ2v) is 10.3. The Hall–Kier alpha value is -0.940. The molecule has 0 N–H and O–H groups in total. The molecule has 1 heterocycles. The summed E-state index contributed by atoms with van der Waals surface area (Å²) in [5, 5.41) is 1.79. The van der Waals surface area contributed by atoms with Gasteiger partial charge in [-0.1, -0.05) is 57.9 Å². The molecular formula is C20H30NP. The van der Waals surface area contributed by atoms with E-state index in [9.17, 15) is 0 Å². The molecule has 0 aromatic carbocycles. The summed E-state index contributed by atoms with van der Waals surface area (Å²) in [6, 6.07) is 6.36. The van der Waals surface area contributed by atoms with Crippen LogP contribution in [0.5, 0.6) is 0 Å². The minimum absolute atomic E-state index is 0.222. The molecule has 2 heteroatoms. The van der Waals surface area contributed by atoms with E-state index in [2.05, 4.69) is 59.8 Å². The maximum Gasteiger partial charge on any atom is 0.0681 e. The SMILES string of the molecule is CCC1=CC(P(c2ccccn2)C(C)(C)C)=C(C)C(C)CC1. The highest BCUT2D eigenvalue weighted by molar-refractivity contribution is 7.71. The van der Waals surface area contributed by atoms with Crippen molar-refractivity contribution in [2.24, 2.45) is 5.92 Å². The van der Waals surface area contributed by atoms with E-state index >= 15 is 0 Å². The van der Waals surface area contributed by atoms with Gasteiger partial charge in [-0.3, -0.25) is 4.98 Å². The van der Waals surface area contributed by atoms with Gasteiger partial charge in [-0.05, 0) is 62.6 Å². The molecule has 1 aliphatic rings. The Kier molecular flexibility index (Phi) is 5.61. The predicted molar refractivity (Wildman–Crippen MR) is 100 cm³/mol. The van der Waals surface area contributed by atoms with Crippen molar-refractivity contribution in [3.63, 3.8) is 0 Å². The predicted octanol–water partition coefficient (Wildman–Crippen LogP) is 6.03. The van der Waals surface area contributed by atoms with Crippen LogP contribution in [0.1, 0.15) is 60.8 Å². The van der Waals surface area contributed by atoms with Gasteiger partial charge < -0.3 is 0 Å². The van der Waals surface area contributed by atoms with Gasteiger partial charge in [-0.25, -0.2) is 0 Å². The van der Waals surface area contributed by atoms with Gasteiger partial charge >= 0.3 is 0 Å². The molecule has 0 fully saturated rings. The molecular weight excluding hydrogens is 285 g/mol. The third-order valence-corrected chi connectivity index (χ3v) is 7.65. The van der Waals surface area contributed by atoms with Crippen molar-refractivity contribution in [3.05, 3.63) is 46.9 Å². The van der Waals surface area contributed by atoms with E-state index in [-0.39, 0.29) is 5.16 Å². The molecule has 2 atom stereocenters. The van der Waals surface area contributed by atoms with Gasteiger partial charge in [0.2, 0.25) is 0 Å². The Labute approximate surface area is 137 Å². The zero-order chi connectivity index (χ0) is 16.3. The van der Waals surface area contributed by atoms with Gasteiger partial charge in [0.05, 0.1) is 5.44 Å². The van der Waals surface area contributed by atoms with Crippen LogP contribution in [-0.4, -0.2) is 10.1 Å². The van der Waals surface area contributed by atoms with Crippen LogP contribution in [0.2, 0.25) is 0 Å². The lowest BCUT2D eigenvalue weighted by atomic mass is 9.97. The lowest BCUT2D eigenvalue weighted by molar-refractivity contribution is 0.610. The van der Waals surface area contributed by atoms with Crippen molar-refractivity contribution in [2.75, 3.05) is 0 Å². The van der Waals surface area contributed by atoms with Crippen molar-refractivity contribution in [3.8, 4) is 0 Å². The molecule has 0 spiro atoms. The third-order valence-electron chi connectivity index (χ3n) is 4.63. The Bertz CT molecular complexity index is 563. The molecule has 120 valence electrons. The number of hydrogen-bond acceptors (Lipinski definition) is 1. The number of pyridine rings is 1. The fourth-order valence-electron chi connectivity index (χ4n) is 3.08. The van der Waals surface area contributed by atoms with Crippen LogP contribution in [0, 0.1) is 5.92 Å². The second-order valence-electron chi connectivity index (χ2n) is 7.36. The van der Waals surface area contributed by atoms with Crippen LogP contribution >= 0.6 is 7.92 Å². The molecule has 0 bridgehead atoms. The second kappa shape index (κ2) is 7.09. The average Bonchev–Trinajstić information content (AvgIpc) is 2.61. The van der Waals surface area contributed by atoms with Gasteiger partial charge in [-0.15, -0.1) is 0 Å². The van der Waals surface area contributed by atoms with E-state index in [1.165, 1.54) is 24.7 Å². The quantitative estimate of drug-likeness (QED) is 0.621. The van der Waals surface area contributed by atoms with Crippen molar-refractivity contribution in [1.82, 2.24) is 4.98 Å². The summed E-state index contributed by atoms with van der Waals surface area (Å²) in [6.07, 6.45) is 8.15. The number of nitrogens with zero attached hydrogens (tertiary/aromatic N) is 1. The van der Waals surface area contributed by atoms with Gasteiger partial charge in [0, 0.05) is 6.20 Å². The topological polar surface area (TPSA) is 12.9 Å². The summed E-state index contributed by atoms with van der Waals surface area (Å²) >= 11 is 0. The van der Waals surface area contributed by atoms with E-state index in [1.54, 1.807) is 16.5 Å². The van der Waals surface area contributed by atoms with E-state index in [0.29, 0.717) is 5.92 Å². The zero-order valence-electron chi connectivity index (χ0n) is 15.0. The maximum atomic E-state index is 4.73. The van der Waals surface area contributed by atoms with E-state index in [0.717, 1.165) is 0 Å². The first kappa shape index (κ1) is 17.4. The Morgan fingerprint density at radius 3 is 2.55 bits per heavy atom. The molecule has 1 nitrogen and oxygen atoms in total. The molecule has 0 saturated heterocycles. The van der Waals surface area contributed by atoms with Crippen molar-refractivity contribution in [2.45, 2.75) is 66.0 Å². The van der Waals surface area contributed by atoms with E-state index in [1.807, 2.05) is 12.3 Å².